The van der Waals surface area contributed by atoms with Crippen molar-refractivity contribution in [3.8, 4) is 0 Å². The second kappa shape index (κ2) is 2.74. The van der Waals surface area contributed by atoms with Gasteiger partial charge >= 0.3 is 40.0 Å². The Kier molecular flexibility index (Phi) is 3.02. The summed E-state index contributed by atoms with van der Waals surface area (Å²) in [5.74, 6) is 0. The standard InChI is InChI=1S/C3H6.FH.Ti/c1-3-2;;/h1-2H3;1H;/q;;+1/p-1. The quantitative estimate of drug-likeness (QED) is 0.409. The molecular formula is C3H6FTi. The van der Waals surface area contributed by atoms with E-state index in [9.17, 15) is 3.09 Å². The fourth-order valence-corrected chi connectivity index (χ4v) is 0. The molecule has 0 N–H and O–H groups in total. The van der Waals surface area contributed by atoms with Crippen LogP contribution in [-0.4, -0.2) is 3.81 Å². The summed E-state index contributed by atoms with van der Waals surface area (Å²) in [5, 5.41) is 0. The monoisotopic (exact) mass is 109 g/mol. The third-order valence-corrected chi connectivity index (χ3v) is 0.779. The average molecular weight is 109 g/mol. The van der Waals surface area contributed by atoms with Crippen LogP contribution in [0, 0.1) is 0 Å². The Labute approximate surface area is 40.5 Å². The summed E-state index contributed by atoms with van der Waals surface area (Å²) in [4.78, 5) is 0. The SMILES string of the molecule is C[C](C)=[Ti][F]. The first-order valence-electron chi connectivity index (χ1n) is 1.44. The summed E-state index contributed by atoms with van der Waals surface area (Å²) in [6, 6.07) is 0. The van der Waals surface area contributed by atoms with Gasteiger partial charge in [-0.1, -0.05) is 0 Å². The van der Waals surface area contributed by atoms with Gasteiger partial charge in [-0.25, -0.2) is 0 Å². The number of hydrogen-bond acceptors (Lipinski definition) is 0. The van der Waals surface area contributed by atoms with E-state index in [0.717, 1.165) is 3.81 Å². The van der Waals surface area contributed by atoms with Crippen LogP contribution < -0.4 is 0 Å². The second-order valence-corrected chi connectivity index (χ2v) is 2.95. The molecule has 0 amide bonds. The van der Waals surface area contributed by atoms with Gasteiger partial charge in [0.2, 0.25) is 0 Å². The summed E-state index contributed by atoms with van der Waals surface area (Å²) in [5.41, 5.74) is 0. The Morgan fingerprint density at radius 1 is 1.60 bits per heavy atom. The van der Waals surface area contributed by atoms with Crippen LogP contribution in [-0.2, 0) is 19.2 Å². The minimum absolute atomic E-state index is 0.963. The Hall–Kier alpha value is 0.514. The summed E-state index contributed by atoms with van der Waals surface area (Å²) in [7, 11) is 0. The number of hydrogen-bond donors (Lipinski definition) is 0. The predicted octanol–water partition coefficient (Wildman–Crippen LogP) is 1.17. The number of halogens is 1. The van der Waals surface area contributed by atoms with Crippen LogP contribution in [0.4, 0.5) is 3.09 Å². The summed E-state index contributed by atoms with van der Waals surface area (Å²) >= 11 is -1.14. The molecule has 0 aromatic rings. The first kappa shape index (κ1) is 5.51. The molecule has 0 spiro atoms. The van der Waals surface area contributed by atoms with Gasteiger partial charge in [0.25, 0.3) is 0 Å². The van der Waals surface area contributed by atoms with Crippen molar-refractivity contribution >= 4 is 3.81 Å². The topological polar surface area (TPSA) is 0 Å². The molecule has 0 rings (SSSR count). The van der Waals surface area contributed by atoms with Crippen molar-refractivity contribution in [2.45, 2.75) is 13.8 Å². The van der Waals surface area contributed by atoms with Crippen LogP contribution in [0.2, 0.25) is 0 Å². The fourth-order valence-electron chi connectivity index (χ4n) is 0. The van der Waals surface area contributed by atoms with E-state index in [2.05, 4.69) is 0 Å². The van der Waals surface area contributed by atoms with Crippen molar-refractivity contribution in [3.63, 3.8) is 0 Å². The maximum atomic E-state index is 11.2. The molecule has 5 heavy (non-hydrogen) atoms. The van der Waals surface area contributed by atoms with Gasteiger partial charge < -0.3 is 0 Å². The summed E-state index contributed by atoms with van der Waals surface area (Å²) in [6.45, 7) is 3.64. The fraction of sp³-hybridized carbons (Fsp3) is 0.667. The van der Waals surface area contributed by atoms with Crippen LogP contribution in [0.1, 0.15) is 13.8 Å². The molecule has 0 aliphatic heterocycles. The van der Waals surface area contributed by atoms with Gasteiger partial charge in [-0.15, -0.1) is 0 Å². The van der Waals surface area contributed by atoms with Crippen molar-refractivity contribution < 1.29 is 22.3 Å². The van der Waals surface area contributed by atoms with Crippen molar-refractivity contribution in [2.24, 2.45) is 0 Å². The molecule has 0 aliphatic rings. The zero-order chi connectivity index (χ0) is 4.28. The summed E-state index contributed by atoms with van der Waals surface area (Å²) in [6.07, 6.45) is 0. The van der Waals surface area contributed by atoms with Gasteiger partial charge in [0.15, 0.2) is 0 Å². The van der Waals surface area contributed by atoms with Gasteiger partial charge in [-0.2, -0.15) is 0 Å². The van der Waals surface area contributed by atoms with E-state index in [1.165, 1.54) is 0 Å². The van der Waals surface area contributed by atoms with Crippen LogP contribution in [0.25, 0.3) is 0 Å². The van der Waals surface area contributed by atoms with Crippen LogP contribution in [0.3, 0.4) is 0 Å². The van der Waals surface area contributed by atoms with Crippen molar-refractivity contribution in [1.29, 1.82) is 0 Å². The van der Waals surface area contributed by atoms with E-state index >= 15 is 0 Å². The maximum absolute atomic E-state index is 11.2. The van der Waals surface area contributed by atoms with E-state index in [-0.39, 0.29) is 0 Å². The first-order chi connectivity index (χ1) is 2.27. The Bertz CT molecular complexity index is 44.9. The minimum atomic E-state index is -1.14. The van der Waals surface area contributed by atoms with Crippen molar-refractivity contribution in [3.05, 3.63) is 0 Å². The van der Waals surface area contributed by atoms with E-state index in [1.807, 2.05) is 13.8 Å². The van der Waals surface area contributed by atoms with E-state index in [4.69, 9.17) is 0 Å². The molecule has 0 saturated heterocycles. The van der Waals surface area contributed by atoms with Crippen LogP contribution in [0.5, 0.6) is 0 Å². The second-order valence-electron chi connectivity index (χ2n) is 1.09. The normalized spacial score (nSPS) is 6.20. The molecule has 0 fully saturated rings. The zero-order valence-electron chi connectivity index (χ0n) is 3.38. The molecule has 0 unspecified atom stereocenters. The Morgan fingerprint density at radius 3 is 1.80 bits per heavy atom. The van der Waals surface area contributed by atoms with Gasteiger partial charge in [0.05, 0.1) is 0 Å². The average Bonchev–Trinajstić information content (AvgIpc) is 1.38. The molecule has 0 saturated carbocycles. The molecule has 0 bridgehead atoms. The van der Waals surface area contributed by atoms with Gasteiger partial charge in [0, 0.05) is 0 Å². The summed E-state index contributed by atoms with van der Waals surface area (Å²) < 4.78 is 12.2. The molecule has 2 heteroatoms. The molecule has 29 valence electrons. The first-order valence-corrected chi connectivity index (χ1v) is 2.81. The van der Waals surface area contributed by atoms with Crippen molar-refractivity contribution in [2.75, 3.05) is 0 Å². The molecule has 0 aromatic heterocycles. The molecule has 0 atom stereocenters. The molecule has 0 radical (unpaired) electrons. The van der Waals surface area contributed by atoms with Gasteiger partial charge in [-0.3, -0.25) is 0 Å². The van der Waals surface area contributed by atoms with E-state index in [0.29, 0.717) is 0 Å². The molecule has 0 aromatic carbocycles. The Morgan fingerprint density at radius 2 is 1.80 bits per heavy atom. The molecule has 0 heterocycles. The molecular weight excluding hydrogens is 103 g/mol. The molecule has 0 aliphatic carbocycles. The van der Waals surface area contributed by atoms with Gasteiger partial charge in [0.1, 0.15) is 0 Å². The van der Waals surface area contributed by atoms with Crippen LogP contribution >= 0.6 is 0 Å². The third kappa shape index (κ3) is 4.51. The zero-order valence-corrected chi connectivity index (χ0v) is 4.94. The van der Waals surface area contributed by atoms with E-state index in [1.54, 1.807) is 0 Å². The van der Waals surface area contributed by atoms with Crippen molar-refractivity contribution in [1.82, 2.24) is 0 Å². The predicted molar refractivity (Wildman–Crippen MR) is 17.5 cm³/mol. The van der Waals surface area contributed by atoms with Gasteiger partial charge in [-0.05, 0) is 0 Å². The number of rotatable bonds is 0. The Balaban J connectivity index is 3.14. The van der Waals surface area contributed by atoms with E-state index < -0.39 is 19.2 Å². The van der Waals surface area contributed by atoms with Crippen LogP contribution in [0.15, 0.2) is 0 Å². The molecule has 0 nitrogen and oxygen atoms in total. The third-order valence-electron chi connectivity index (χ3n) is 0.189.